The number of hydrogen-bond acceptors (Lipinski definition) is 5. The number of fused-ring (bicyclic) bond motifs is 1. The van der Waals surface area contributed by atoms with E-state index in [0.29, 0.717) is 17.0 Å². The van der Waals surface area contributed by atoms with E-state index in [0.717, 1.165) is 24.2 Å². The van der Waals surface area contributed by atoms with Crippen LogP contribution in [0.4, 0.5) is 17.1 Å². The molecular formula is C24H22N4O3. The van der Waals surface area contributed by atoms with Gasteiger partial charge in [0.1, 0.15) is 5.92 Å². The third-order valence-electron chi connectivity index (χ3n) is 5.27. The zero-order valence-electron chi connectivity index (χ0n) is 17.0. The quantitative estimate of drug-likeness (QED) is 0.344. The molecule has 0 spiro atoms. The molecule has 0 aromatic heterocycles. The maximum absolute atomic E-state index is 12.9. The molecule has 3 aromatic carbocycles. The van der Waals surface area contributed by atoms with Gasteiger partial charge in [0.25, 0.3) is 5.69 Å². The van der Waals surface area contributed by atoms with Crippen molar-refractivity contribution in [2.75, 3.05) is 18.9 Å². The Kier molecular flexibility index (Phi) is 5.86. The second-order valence-corrected chi connectivity index (χ2v) is 7.33. The highest BCUT2D eigenvalue weighted by Crippen LogP contribution is 2.38. The molecule has 0 bridgehead atoms. The molecule has 1 aliphatic rings. The number of benzene rings is 3. The van der Waals surface area contributed by atoms with E-state index >= 15 is 0 Å². The number of rotatable bonds is 7. The number of nitro groups is 1. The summed E-state index contributed by atoms with van der Waals surface area (Å²) in [4.78, 5) is 28.6. The smallest absolute Gasteiger partial charge is 0.269 e. The molecule has 0 saturated heterocycles. The molecule has 1 amide bonds. The minimum absolute atomic E-state index is 0.0541. The second-order valence-electron chi connectivity index (χ2n) is 7.33. The van der Waals surface area contributed by atoms with Crippen molar-refractivity contribution in [3.05, 3.63) is 99.6 Å². The standard InChI is InChI=1S/C24H22N4O3/c1-25-14-13-16-7-9-18(10-8-16)26-23(17-5-3-2-4-6-17)22-20-15-19(28(30)31)11-12-21(20)27-24(22)29/h2-12,15,22,25H,13-14H2,1H3,(H,27,29). The number of anilines is 1. The molecular weight excluding hydrogens is 392 g/mol. The lowest BCUT2D eigenvalue weighted by atomic mass is 9.90. The Morgan fingerprint density at radius 3 is 2.52 bits per heavy atom. The van der Waals surface area contributed by atoms with Gasteiger partial charge in [-0.3, -0.25) is 19.9 Å². The van der Waals surface area contributed by atoms with Gasteiger partial charge in [-0.2, -0.15) is 0 Å². The molecule has 2 N–H and O–H groups in total. The number of aliphatic imine (C=N–C) groups is 1. The minimum atomic E-state index is -0.735. The number of nitro benzene ring substituents is 1. The van der Waals surface area contributed by atoms with Gasteiger partial charge in [0.05, 0.1) is 16.3 Å². The minimum Gasteiger partial charge on any atom is -0.325 e. The van der Waals surface area contributed by atoms with Gasteiger partial charge in [0.2, 0.25) is 5.91 Å². The zero-order valence-corrected chi connectivity index (χ0v) is 17.0. The number of carbonyl (C=O) groups excluding carboxylic acids is 1. The van der Waals surface area contributed by atoms with Gasteiger partial charge in [0, 0.05) is 23.4 Å². The van der Waals surface area contributed by atoms with Crippen molar-refractivity contribution < 1.29 is 9.72 Å². The van der Waals surface area contributed by atoms with E-state index in [9.17, 15) is 14.9 Å². The van der Waals surface area contributed by atoms with E-state index < -0.39 is 10.8 Å². The van der Waals surface area contributed by atoms with Crippen molar-refractivity contribution >= 4 is 28.7 Å². The molecule has 0 aliphatic carbocycles. The predicted octanol–water partition coefficient (Wildman–Crippen LogP) is 4.21. The molecule has 4 rings (SSSR count). The monoisotopic (exact) mass is 414 g/mol. The molecule has 7 nitrogen and oxygen atoms in total. The average molecular weight is 414 g/mol. The molecule has 7 heteroatoms. The molecule has 1 heterocycles. The second kappa shape index (κ2) is 8.89. The number of amides is 1. The van der Waals surface area contributed by atoms with Crippen LogP contribution in [0.5, 0.6) is 0 Å². The number of hydrogen-bond donors (Lipinski definition) is 2. The summed E-state index contributed by atoms with van der Waals surface area (Å²) in [7, 11) is 1.92. The van der Waals surface area contributed by atoms with Crippen LogP contribution in [-0.2, 0) is 11.2 Å². The topological polar surface area (TPSA) is 96.6 Å². The van der Waals surface area contributed by atoms with Crippen molar-refractivity contribution in [2.24, 2.45) is 4.99 Å². The van der Waals surface area contributed by atoms with E-state index in [2.05, 4.69) is 10.6 Å². The van der Waals surface area contributed by atoms with Crippen molar-refractivity contribution in [3.8, 4) is 0 Å². The Labute approximate surface area is 180 Å². The summed E-state index contributed by atoms with van der Waals surface area (Å²) in [5, 5.41) is 17.3. The Morgan fingerprint density at radius 1 is 1.10 bits per heavy atom. The van der Waals surface area contributed by atoms with Gasteiger partial charge in [-0.05, 0) is 49.3 Å². The van der Waals surface area contributed by atoms with Crippen LogP contribution in [0.3, 0.4) is 0 Å². The lowest BCUT2D eigenvalue weighted by Gasteiger charge is -2.14. The van der Waals surface area contributed by atoms with Crippen LogP contribution in [0.15, 0.2) is 77.8 Å². The molecule has 1 aliphatic heterocycles. The van der Waals surface area contributed by atoms with Crippen LogP contribution >= 0.6 is 0 Å². The van der Waals surface area contributed by atoms with Crippen LogP contribution < -0.4 is 10.6 Å². The fourth-order valence-electron chi connectivity index (χ4n) is 3.68. The molecule has 0 fully saturated rings. The highest BCUT2D eigenvalue weighted by atomic mass is 16.6. The first-order chi connectivity index (χ1) is 15.1. The summed E-state index contributed by atoms with van der Waals surface area (Å²) in [6.07, 6.45) is 0.911. The molecule has 156 valence electrons. The third kappa shape index (κ3) is 4.36. The maximum atomic E-state index is 12.9. The van der Waals surface area contributed by atoms with Crippen LogP contribution in [0.25, 0.3) is 0 Å². The van der Waals surface area contributed by atoms with Crippen LogP contribution in [0.1, 0.15) is 22.6 Å². The Bertz CT molecular complexity index is 1140. The van der Waals surface area contributed by atoms with Gasteiger partial charge in [-0.15, -0.1) is 0 Å². The largest absolute Gasteiger partial charge is 0.325 e. The molecule has 0 saturated carbocycles. The van der Waals surface area contributed by atoms with Gasteiger partial charge >= 0.3 is 0 Å². The molecule has 1 atom stereocenters. The van der Waals surface area contributed by atoms with Crippen LogP contribution in [-0.4, -0.2) is 30.1 Å². The van der Waals surface area contributed by atoms with Crippen LogP contribution in [0.2, 0.25) is 0 Å². The summed E-state index contributed by atoms with van der Waals surface area (Å²) in [5.41, 5.74) is 4.34. The zero-order chi connectivity index (χ0) is 21.8. The van der Waals surface area contributed by atoms with Crippen molar-refractivity contribution in [2.45, 2.75) is 12.3 Å². The van der Waals surface area contributed by atoms with Gasteiger partial charge in [0.15, 0.2) is 0 Å². The van der Waals surface area contributed by atoms with Crippen molar-refractivity contribution in [1.29, 1.82) is 0 Å². The predicted molar refractivity (Wildman–Crippen MR) is 121 cm³/mol. The number of non-ortho nitro benzene ring substituents is 1. The highest BCUT2D eigenvalue weighted by molar-refractivity contribution is 6.24. The summed E-state index contributed by atoms with van der Waals surface area (Å²) >= 11 is 0. The summed E-state index contributed by atoms with van der Waals surface area (Å²) in [6, 6.07) is 21.8. The lowest BCUT2D eigenvalue weighted by Crippen LogP contribution is -2.22. The average Bonchev–Trinajstić information content (AvgIpc) is 3.12. The number of nitrogens with zero attached hydrogens (tertiary/aromatic N) is 2. The number of nitrogens with one attached hydrogen (secondary N) is 2. The molecule has 1 unspecified atom stereocenters. The SMILES string of the molecule is CNCCc1ccc(N=C(c2ccccc2)C2C(=O)Nc3ccc([N+](=O)[O-])cc32)cc1. The van der Waals surface area contributed by atoms with Gasteiger partial charge < -0.3 is 10.6 Å². The first-order valence-corrected chi connectivity index (χ1v) is 10.0. The molecule has 0 radical (unpaired) electrons. The van der Waals surface area contributed by atoms with Gasteiger partial charge in [-0.25, -0.2) is 0 Å². The summed E-state index contributed by atoms with van der Waals surface area (Å²) < 4.78 is 0. The lowest BCUT2D eigenvalue weighted by molar-refractivity contribution is -0.384. The maximum Gasteiger partial charge on any atom is 0.269 e. The van der Waals surface area contributed by atoms with E-state index in [1.54, 1.807) is 6.07 Å². The first kappa shape index (κ1) is 20.4. The van der Waals surface area contributed by atoms with Crippen molar-refractivity contribution in [1.82, 2.24) is 5.32 Å². The number of carbonyl (C=O) groups is 1. The fourth-order valence-corrected chi connectivity index (χ4v) is 3.68. The fraction of sp³-hybridized carbons (Fsp3) is 0.167. The van der Waals surface area contributed by atoms with E-state index in [-0.39, 0.29) is 11.6 Å². The third-order valence-corrected chi connectivity index (χ3v) is 5.27. The van der Waals surface area contributed by atoms with E-state index in [1.165, 1.54) is 17.7 Å². The normalized spacial score (nSPS) is 15.5. The van der Waals surface area contributed by atoms with E-state index in [1.807, 2.05) is 61.6 Å². The Hall–Kier alpha value is -3.84. The summed E-state index contributed by atoms with van der Waals surface area (Å²) in [6.45, 7) is 0.885. The van der Waals surface area contributed by atoms with E-state index in [4.69, 9.17) is 4.99 Å². The Morgan fingerprint density at radius 2 is 1.84 bits per heavy atom. The van der Waals surface area contributed by atoms with Gasteiger partial charge in [-0.1, -0.05) is 42.5 Å². The van der Waals surface area contributed by atoms with Crippen LogP contribution in [0, 0.1) is 10.1 Å². The molecule has 31 heavy (non-hydrogen) atoms. The molecule has 3 aromatic rings. The van der Waals surface area contributed by atoms with Crippen molar-refractivity contribution in [3.63, 3.8) is 0 Å². The highest BCUT2D eigenvalue weighted by Gasteiger charge is 2.36. The first-order valence-electron chi connectivity index (χ1n) is 10.0. The summed E-state index contributed by atoms with van der Waals surface area (Å²) in [5.74, 6) is -0.981. The Balaban J connectivity index is 1.79. The number of likely N-dealkylation sites (N-methyl/N-ethyl adjacent to an activating group) is 1.